The van der Waals surface area contributed by atoms with E-state index in [1.54, 1.807) is 37.3 Å². The van der Waals surface area contributed by atoms with Gasteiger partial charge in [-0.05, 0) is 60.9 Å². The second-order valence-electron chi connectivity index (χ2n) is 9.03. The predicted molar refractivity (Wildman–Crippen MR) is 134 cm³/mol. The Morgan fingerprint density at radius 3 is 2.61 bits per heavy atom. The zero-order valence-corrected chi connectivity index (χ0v) is 20.1. The standard InChI is InChI=1S/C29H27NO6/c1-3-35-24-15-19(9-11-22(24)31)26-25(27(32)20-10-12-23-21(14-20)13-17(2)36-23)28(33)29(34)30(26)16-18-7-5-4-6-8-18/h4-12,14-15,17,26,31-32H,3,13,16H2,1-2H3. The summed E-state index contributed by atoms with van der Waals surface area (Å²) in [5.41, 5.74) is 2.77. The summed E-state index contributed by atoms with van der Waals surface area (Å²) < 4.78 is 11.3. The quantitative estimate of drug-likeness (QED) is 0.298. The van der Waals surface area contributed by atoms with Gasteiger partial charge in [-0.3, -0.25) is 9.59 Å². The van der Waals surface area contributed by atoms with Gasteiger partial charge in [-0.1, -0.05) is 36.4 Å². The third-order valence-electron chi connectivity index (χ3n) is 6.50. The highest BCUT2D eigenvalue weighted by molar-refractivity contribution is 6.46. The second-order valence-corrected chi connectivity index (χ2v) is 9.03. The maximum absolute atomic E-state index is 13.4. The first-order valence-electron chi connectivity index (χ1n) is 12.0. The molecule has 0 aromatic heterocycles. The van der Waals surface area contributed by atoms with Crippen molar-refractivity contribution in [3.8, 4) is 17.2 Å². The van der Waals surface area contributed by atoms with Crippen LogP contribution < -0.4 is 9.47 Å². The largest absolute Gasteiger partial charge is 0.507 e. The summed E-state index contributed by atoms with van der Waals surface area (Å²) in [5, 5.41) is 21.6. The summed E-state index contributed by atoms with van der Waals surface area (Å²) >= 11 is 0. The molecule has 1 fully saturated rings. The minimum Gasteiger partial charge on any atom is -0.507 e. The van der Waals surface area contributed by atoms with E-state index in [9.17, 15) is 19.8 Å². The van der Waals surface area contributed by atoms with Gasteiger partial charge in [0.25, 0.3) is 11.7 Å². The fraction of sp³-hybridized carbons (Fsp3) is 0.241. The normalized spacial score (nSPS) is 20.3. The number of ketones is 1. The van der Waals surface area contributed by atoms with Crippen LogP contribution in [0, 0.1) is 0 Å². The van der Waals surface area contributed by atoms with Crippen LogP contribution in [0.25, 0.3) is 5.76 Å². The number of fused-ring (bicyclic) bond motifs is 1. The van der Waals surface area contributed by atoms with E-state index < -0.39 is 17.7 Å². The third kappa shape index (κ3) is 4.17. The monoisotopic (exact) mass is 485 g/mol. The zero-order valence-electron chi connectivity index (χ0n) is 20.1. The molecule has 1 amide bonds. The highest BCUT2D eigenvalue weighted by Gasteiger charge is 2.46. The number of hydrogen-bond donors (Lipinski definition) is 2. The molecule has 5 rings (SSSR count). The minimum atomic E-state index is -0.867. The first kappa shape index (κ1) is 23.5. The number of carbonyl (C=O) groups excluding carboxylic acids is 2. The number of hydrogen-bond acceptors (Lipinski definition) is 6. The Morgan fingerprint density at radius 1 is 1.08 bits per heavy atom. The Hall–Kier alpha value is -4.26. The summed E-state index contributed by atoms with van der Waals surface area (Å²) in [4.78, 5) is 28.1. The van der Waals surface area contributed by atoms with Crippen LogP contribution in [0.5, 0.6) is 17.2 Å². The number of phenols is 1. The third-order valence-corrected chi connectivity index (χ3v) is 6.50. The molecule has 2 aliphatic rings. The number of Topliss-reactive ketones (excluding diaryl/α,β-unsaturated/α-hetero) is 1. The molecule has 2 heterocycles. The molecule has 36 heavy (non-hydrogen) atoms. The molecule has 2 N–H and O–H groups in total. The van der Waals surface area contributed by atoms with Gasteiger partial charge in [0.15, 0.2) is 11.5 Å². The molecule has 3 aromatic carbocycles. The molecule has 0 aliphatic carbocycles. The van der Waals surface area contributed by atoms with E-state index in [0.29, 0.717) is 24.2 Å². The number of ether oxygens (including phenoxy) is 2. The number of amides is 1. The number of aliphatic hydroxyl groups is 1. The number of carbonyl (C=O) groups is 2. The number of aliphatic hydroxyl groups excluding tert-OH is 1. The van der Waals surface area contributed by atoms with Gasteiger partial charge in [0, 0.05) is 18.5 Å². The summed E-state index contributed by atoms with van der Waals surface area (Å²) in [6, 6.07) is 18.5. The van der Waals surface area contributed by atoms with E-state index >= 15 is 0 Å². The molecular weight excluding hydrogens is 458 g/mol. The molecule has 0 radical (unpaired) electrons. The molecule has 1 saturated heterocycles. The van der Waals surface area contributed by atoms with Crippen molar-refractivity contribution in [2.75, 3.05) is 6.61 Å². The van der Waals surface area contributed by atoms with E-state index in [1.807, 2.05) is 37.3 Å². The summed E-state index contributed by atoms with van der Waals surface area (Å²) in [6.07, 6.45) is 0.723. The molecule has 0 spiro atoms. The number of benzene rings is 3. The van der Waals surface area contributed by atoms with E-state index in [0.717, 1.165) is 16.9 Å². The Bertz CT molecular complexity index is 1360. The number of rotatable bonds is 6. The number of aromatic hydroxyl groups is 1. The lowest BCUT2D eigenvalue weighted by Gasteiger charge is -2.26. The molecule has 3 aromatic rings. The van der Waals surface area contributed by atoms with Crippen molar-refractivity contribution in [1.29, 1.82) is 0 Å². The van der Waals surface area contributed by atoms with Crippen LogP contribution in [0.2, 0.25) is 0 Å². The van der Waals surface area contributed by atoms with Gasteiger partial charge in [0.05, 0.1) is 18.2 Å². The number of phenolic OH excluding ortho intramolecular Hbond substituents is 1. The average molecular weight is 486 g/mol. The van der Waals surface area contributed by atoms with Crippen molar-refractivity contribution in [3.05, 3.63) is 94.6 Å². The molecule has 2 atom stereocenters. The second kappa shape index (κ2) is 9.41. The van der Waals surface area contributed by atoms with E-state index in [2.05, 4.69) is 0 Å². The molecule has 2 aliphatic heterocycles. The van der Waals surface area contributed by atoms with Crippen molar-refractivity contribution in [2.45, 2.75) is 39.0 Å². The smallest absolute Gasteiger partial charge is 0.295 e. The van der Waals surface area contributed by atoms with Crippen molar-refractivity contribution < 1.29 is 29.3 Å². The lowest BCUT2D eigenvalue weighted by molar-refractivity contribution is -0.140. The van der Waals surface area contributed by atoms with Crippen LogP contribution in [0.4, 0.5) is 0 Å². The molecule has 0 bridgehead atoms. The Morgan fingerprint density at radius 2 is 1.86 bits per heavy atom. The average Bonchev–Trinajstić information content (AvgIpc) is 3.37. The lowest BCUT2D eigenvalue weighted by Crippen LogP contribution is -2.29. The molecule has 184 valence electrons. The first-order chi connectivity index (χ1) is 17.4. The lowest BCUT2D eigenvalue weighted by atomic mass is 9.94. The van der Waals surface area contributed by atoms with Crippen molar-refractivity contribution in [1.82, 2.24) is 4.90 Å². The van der Waals surface area contributed by atoms with E-state index in [-0.39, 0.29) is 35.5 Å². The molecule has 7 nitrogen and oxygen atoms in total. The highest BCUT2D eigenvalue weighted by atomic mass is 16.5. The van der Waals surface area contributed by atoms with Gasteiger partial charge < -0.3 is 24.6 Å². The topological polar surface area (TPSA) is 96.3 Å². The fourth-order valence-electron chi connectivity index (χ4n) is 4.87. The molecular formula is C29H27NO6. The Labute approximate surface area is 209 Å². The molecule has 2 unspecified atom stereocenters. The van der Waals surface area contributed by atoms with Crippen LogP contribution in [0.1, 0.15) is 42.1 Å². The Balaban J connectivity index is 1.65. The summed E-state index contributed by atoms with van der Waals surface area (Å²) in [6.45, 7) is 4.27. The van der Waals surface area contributed by atoms with Crippen LogP contribution in [-0.2, 0) is 22.6 Å². The van der Waals surface area contributed by atoms with Gasteiger partial charge in [0.2, 0.25) is 0 Å². The van der Waals surface area contributed by atoms with Gasteiger partial charge >= 0.3 is 0 Å². The summed E-state index contributed by atoms with van der Waals surface area (Å²) in [7, 11) is 0. The van der Waals surface area contributed by atoms with E-state index in [4.69, 9.17) is 9.47 Å². The van der Waals surface area contributed by atoms with Crippen LogP contribution in [0.15, 0.2) is 72.3 Å². The van der Waals surface area contributed by atoms with Crippen molar-refractivity contribution in [3.63, 3.8) is 0 Å². The van der Waals surface area contributed by atoms with Crippen LogP contribution >= 0.6 is 0 Å². The number of nitrogens with zero attached hydrogens (tertiary/aromatic N) is 1. The fourth-order valence-corrected chi connectivity index (χ4v) is 4.87. The summed E-state index contributed by atoms with van der Waals surface area (Å²) in [5.74, 6) is -0.765. The number of likely N-dealkylation sites (tertiary alicyclic amines) is 1. The Kier molecular flexibility index (Phi) is 6.14. The predicted octanol–water partition coefficient (Wildman–Crippen LogP) is 4.74. The van der Waals surface area contributed by atoms with Crippen LogP contribution in [0.3, 0.4) is 0 Å². The molecule has 0 saturated carbocycles. The maximum Gasteiger partial charge on any atom is 0.295 e. The molecule has 7 heteroatoms. The van der Waals surface area contributed by atoms with Crippen molar-refractivity contribution >= 4 is 17.4 Å². The van der Waals surface area contributed by atoms with Crippen LogP contribution in [-0.4, -0.2) is 39.5 Å². The first-order valence-corrected chi connectivity index (χ1v) is 12.0. The minimum absolute atomic E-state index is 0.00372. The highest BCUT2D eigenvalue weighted by Crippen LogP contribution is 2.43. The van der Waals surface area contributed by atoms with Crippen molar-refractivity contribution in [2.24, 2.45) is 0 Å². The van der Waals surface area contributed by atoms with Gasteiger partial charge in [0.1, 0.15) is 17.6 Å². The zero-order chi connectivity index (χ0) is 25.4. The van der Waals surface area contributed by atoms with Gasteiger partial charge in [-0.2, -0.15) is 0 Å². The SMILES string of the molecule is CCOc1cc(C2C(=C(O)c3ccc4c(c3)CC(C)O4)C(=O)C(=O)N2Cc2ccccc2)ccc1O. The van der Waals surface area contributed by atoms with Gasteiger partial charge in [-0.15, -0.1) is 0 Å². The van der Waals surface area contributed by atoms with E-state index in [1.165, 1.54) is 11.0 Å². The maximum atomic E-state index is 13.4. The van der Waals surface area contributed by atoms with Gasteiger partial charge in [-0.25, -0.2) is 0 Å².